The van der Waals surface area contributed by atoms with Gasteiger partial charge in [-0.2, -0.15) is 0 Å². The van der Waals surface area contributed by atoms with E-state index in [1.807, 2.05) is 223 Å². The highest BCUT2D eigenvalue weighted by Crippen LogP contribution is 2.70. The largest absolute Gasteiger partial charge is 0.462 e. The number of benzene rings is 2. The third-order valence-corrected chi connectivity index (χ3v) is 30.2. The minimum atomic E-state index is -0.335. The molecular formula is C38H34O4S16. The Morgan fingerprint density at radius 3 is 1.10 bits per heavy atom. The number of esters is 2. The summed E-state index contributed by atoms with van der Waals surface area (Å²) in [6, 6.07) is 19.5. The molecule has 0 atom stereocenters. The highest BCUT2D eigenvalue weighted by atomic mass is 33.1. The van der Waals surface area contributed by atoms with Crippen LogP contribution in [-0.4, -0.2) is 61.7 Å². The lowest BCUT2D eigenvalue weighted by Gasteiger charge is -2.07. The van der Waals surface area contributed by atoms with E-state index in [0.717, 1.165) is 11.1 Å². The fourth-order valence-corrected chi connectivity index (χ4v) is 27.5. The first kappa shape index (κ1) is 48.4. The average Bonchev–Trinajstić information content (AvgIpc) is 4.07. The van der Waals surface area contributed by atoms with E-state index in [-0.39, 0.29) is 11.9 Å². The number of rotatable bonds is 19. The second-order valence-electron chi connectivity index (χ2n) is 10.8. The van der Waals surface area contributed by atoms with Crippen LogP contribution >= 0.6 is 186 Å². The van der Waals surface area contributed by atoms with Crippen LogP contribution in [-0.2, 0) is 19.1 Å². The van der Waals surface area contributed by atoms with E-state index in [2.05, 4.69) is 25.0 Å². The molecule has 4 aliphatic rings. The number of hydrogen-bond donors (Lipinski definition) is 0. The van der Waals surface area contributed by atoms with E-state index in [4.69, 9.17) is 9.47 Å². The third-order valence-electron chi connectivity index (χ3n) is 6.96. The molecule has 4 heterocycles. The van der Waals surface area contributed by atoms with Crippen molar-refractivity contribution in [1.82, 2.24) is 0 Å². The highest BCUT2D eigenvalue weighted by Gasteiger charge is 2.33. The smallest absolute Gasteiger partial charge is 0.330 e. The quantitative estimate of drug-likeness (QED) is 0.0580. The van der Waals surface area contributed by atoms with Gasteiger partial charge < -0.3 is 9.47 Å². The summed E-state index contributed by atoms with van der Waals surface area (Å²) < 4.78 is 26.9. The summed E-state index contributed by atoms with van der Waals surface area (Å²) in [7, 11) is 3.62. The predicted octanol–water partition coefficient (Wildman–Crippen LogP) is 16.5. The molecule has 0 aromatic heterocycles. The van der Waals surface area contributed by atoms with E-state index < -0.39 is 0 Å². The van der Waals surface area contributed by atoms with Gasteiger partial charge in [-0.25, -0.2) is 9.59 Å². The van der Waals surface area contributed by atoms with Crippen LogP contribution in [0.3, 0.4) is 0 Å². The van der Waals surface area contributed by atoms with Crippen molar-refractivity contribution in [3.63, 3.8) is 0 Å². The average molecular weight is 1070 g/mol. The number of carbonyl (C=O) groups excluding carboxylic acids is 2. The standard InChI is InChI=1S/C38H34O4S16/c1-43-27-28(44-2)50-33(49-27)35-53-31(47-21-19-41-25(39)17-15-23-11-7-5-8-12-23)37(55-35)57-58-38-32(54-36(56-38)34-51-29(45-3)30(46-4)52-34)48-22-20-42-26(40)18-16-24-13-9-6-10-14-24/h5-18H,19-22H2,1-4H3/b17-15-,18-16+. The Bertz CT molecular complexity index is 1890. The van der Waals surface area contributed by atoms with Gasteiger partial charge in [0.1, 0.15) is 13.2 Å². The lowest BCUT2D eigenvalue weighted by Crippen LogP contribution is -2.04. The molecule has 0 unspecified atom stereocenters. The zero-order valence-electron chi connectivity index (χ0n) is 31.1. The zero-order chi connectivity index (χ0) is 40.7. The normalized spacial score (nSPS) is 17.5. The molecule has 2 aromatic carbocycles. The predicted molar refractivity (Wildman–Crippen MR) is 290 cm³/mol. The monoisotopic (exact) mass is 1070 g/mol. The van der Waals surface area contributed by atoms with Crippen molar-refractivity contribution in [2.24, 2.45) is 0 Å². The third kappa shape index (κ3) is 14.7. The van der Waals surface area contributed by atoms with Crippen LogP contribution < -0.4 is 0 Å². The van der Waals surface area contributed by atoms with Crippen LogP contribution in [0, 0.1) is 0 Å². The molecular weight excluding hydrogens is 1030 g/mol. The maximum absolute atomic E-state index is 12.5. The van der Waals surface area contributed by atoms with Crippen LogP contribution in [0.4, 0.5) is 0 Å². The van der Waals surface area contributed by atoms with E-state index in [9.17, 15) is 9.59 Å². The van der Waals surface area contributed by atoms with Crippen molar-refractivity contribution >= 4 is 210 Å². The van der Waals surface area contributed by atoms with Gasteiger partial charge in [0.15, 0.2) is 0 Å². The summed E-state index contributed by atoms with van der Waals surface area (Å²) in [5, 5.41) is 0. The van der Waals surface area contributed by atoms with E-state index in [1.165, 1.54) is 63.0 Å². The second-order valence-corrected chi connectivity index (χ2v) is 29.7. The fourth-order valence-electron chi connectivity index (χ4n) is 4.38. The van der Waals surface area contributed by atoms with Gasteiger partial charge in [-0.3, -0.25) is 0 Å². The van der Waals surface area contributed by atoms with Gasteiger partial charge in [-0.05, 0) is 69.9 Å². The zero-order valence-corrected chi connectivity index (χ0v) is 44.1. The SMILES string of the molecule is CSC1=C(SC)SC(=C2SC(SCCOC(=O)/C=C\c3ccccc3)=C(SSC3=C(SCCOC(=O)/C=C/c4ccccc4)SC(=C4SC(SC)=C(SC)S4)S3)S2)S1. The van der Waals surface area contributed by atoms with Crippen molar-refractivity contribution in [3.05, 3.63) is 135 Å². The fraction of sp³-hybridized carbons (Fsp3) is 0.211. The van der Waals surface area contributed by atoms with Crippen molar-refractivity contribution in [2.45, 2.75) is 0 Å². The lowest BCUT2D eigenvalue weighted by atomic mass is 10.2. The van der Waals surface area contributed by atoms with Crippen molar-refractivity contribution in [2.75, 3.05) is 49.7 Å². The maximum atomic E-state index is 12.5. The molecule has 0 aliphatic carbocycles. The van der Waals surface area contributed by atoms with Crippen molar-refractivity contribution in [1.29, 1.82) is 0 Å². The molecule has 0 radical (unpaired) electrons. The van der Waals surface area contributed by atoms with Crippen LogP contribution in [0.5, 0.6) is 0 Å². The molecule has 0 fully saturated rings. The molecule has 20 heteroatoms. The van der Waals surface area contributed by atoms with Crippen LogP contribution in [0.2, 0.25) is 0 Å². The summed E-state index contributed by atoms with van der Waals surface area (Å²) in [4.78, 5) is 25.0. The summed E-state index contributed by atoms with van der Waals surface area (Å²) in [5.41, 5.74) is 1.93. The maximum Gasteiger partial charge on any atom is 0.330 e. The van der Waals surface area contributed by atoms with Gasteiger partial charge >= 0.3 is 11.9 Å². The van der Waals surface area contributed by atoms with E-state index in [1.54, 1.807) is 35.7 Å². The summed E-state index contributed by atoms with van der Waals surface area (Å²) in [5.74, 6) is 0.656. The Morgan fingerprint density at radius 1 is 0.466 bits per heavy atom. The Kier molecular flexibility index (Phi) is 21.7. The first-order valence-corrected chi connectivity index (χ1v) is 32.4. The van der Waals surface area contributed by atoms with Gasteiger partial charge in [0.25, 0.3) is 0 Å². The number of carbonyl (C=O) groups is 2. The molecule has 4 aliphatic heterocycles. The molecule has 58 heavy (non-hydrogen) atoms. The van der Waals surface area contributed by atoms with E-state index >= 15 is 0 Å². The molecule has 0 saturated carbocycles. The second kappa shape index (κ2) is 26.0. The Labute approximate surface area is 408 Å². The molecule has 0 spiro atoms. The van der Waals surface area contributed by atoms with Gasteiger partial charge in [-0.1, -0.05) is 155 Å². The number of hydrogen-bond acceptors (Lipinski definition) is 20. The lowest BCUT2D eigenvalue weighted by molar-refractivity contribution is -0.137. The summed E-state index contributed by atoms with van der Waals surface area (Å²) in [6.45, 7) is 0.655. The van der Waals surface area contributed by atoms with Crippen molar-refractivity contribution < 1.29 is 19.1 Å². The molecule has 0 amide bonds. The van der Waals surface area contributed by atoms with Crippen LogP contribution in [0.1, 0.15) is 11.1 Å². The molecule has 0 bridgehead atoms. The molecule has 2 aromatic rings. The summed E-state index contributed by atoms with van der Waals surface area (Å²) in [6.07, 6.45) is 15.1. The molecule has 306 valence electrons. The molecule has 0 saturated heterocycles. The van der Waals surface area contributed by atoms with Gasteiger partial charge in [0, 0.05) is 23.7 Å². The Balaban J connectivity index is 1.12. The topological polar surface area (TPSA) is 52.6 Å². The number of ether oxygens (including phenoxy) is 2. The Hall–Kier alpha value is 0.900. The Morgan fingerprint density at radius 2 is 0.776 bits per heavy atom. The van der Waals surface area contributed by atoms with Gasteiger partial charge in [0.2, 0.25) is 0 Å². The molecule has 4 nitrogen and oxygen atoms in total. The van der Waals surface area contributed by atoms with Gasteiger partial charge in [-0.15, -0.1) is 70.6 Å². The first-order chi connectivity index (χ1) is 28.4. The van der Waals surface area contributed by atoms with Crippen molar-refractivity contribution in [3.8, 4) is 0 Å². The number of thioether (sulfide) groups is 14. The molecule has 6 rings (SSSR count). The van der Waals surface area contributed by atoms with Crippen LogP contribution in [0.25, 0.3) is 12.2 Å². The minimum absolute atomic E-state index is 0.327. The minimum Gasteiger partial charge on any atom is -0.462 e. The van der Waals surface area contributed by atoms with Gasteiger partial charge in [0.05, 0.1) is 50.8 Å². The highest BCUT2D eigenvalue weighted by molar-refractivity contribution is 8.84. The van der Waals surface area contributed by atoms with Crippen LogP contribution in [0.15, 0.2) is 124 Å². The summed E-state index contributed by atoms with van der Waals surface area (Å²) >= 11 is 25.6. The first-order valence-electron chi connectivity index (χ1n) is 16.8. The molecule has 0 N–H and O–H groups in total. The van der Waals surface area contributed by atoms with E-state index in [0.29, 0.717) is 24.7 Å².